The van der Waals surface area contributed by atoms with Gasteiger partial charge in [-0.1, -0.05) is 5.16 Å². The summed E-state index contributed by atoms with van der Waals surface area (Å²) in [4.78, 5) is 17.8. The SMILES string of the molecule is O=C1CCCN1CCc1noc(-c2n[nH]c3c2CCC3)n1. The summed E-state index contributed by atoms with van der Waals surface area (Å²) in [5.41, 5.74) is 3.19. The molecule has 3 heterocycles. The van der Waals surface area contributed by atoms with E-state index in [1.165, 1.54) is 11.3 Å². The maximum Gasteiger partial charge on any atom is 0.278 e. The van der Waals surface area contributed by atoms with Crippen LogP contribution >= 0.6 is 0 Å². The highest BCUT2D eigenvalue weighted by Gasteiger charge is 2.24. The standard InChI is InChI=1S/C14H17N5O2/c20-12-5-2-7-19(12)8-6-11-15-14(21-18-11)13-9-3-1-4-10(9)16-17-13/h1-8H2,(H,16,17). The monoisotopic (exact) mass is 287 g/mol. The number of rotatable bonds is 4. The van der Waals surface area contributed by atoms with Crippen molar-refractivity contribution in [3.8, 4) is 11.6 Å². The molecule has 7 nitrogen and oxygen atoms in total. The molecule has 2 aromatic rings. The first kappa shape index (κ1) is 12.6. The zero-order chi connectivity index (χ0) is 14.2. The van der Waals surface area contributed by atoms with Crippen LogP contribution in [0.5, 0.6) is 0 Å². The van der Waals surface area contributed by atoms with Crippen molar-refractivity contribution in [3.63, 3.8) is 0 Å². The van der Waals surface area contributed by atoms with Crippen molar-refractivity contribution >= 4 is 5.91 Å². The van der Waals surface area contributed by atoms with Crippen molar-refractivity contribution in [1.29, 1.82) is 0 Å². The molecule has 0 bridgehead atoms. The molecule has 2 aromatic heterocycles. The number of nitrogens with one attached hydrogen (secondary N) is 1. The van der Waals surface area contributed by atoms with Gasteiger partial charge >= 0.3 is 0 Å². The third kappa shape index (κ3) is 2.22. The maximum atomic E-state index is 11.6. The Labute approximate surface area is 121 Å². The number of aryl methyl sites for hydroxylation is 1. The fourth-order valence-electron chi connectivity index (χ4n) is 3.12. The summed E-state index contributed by atoms with van der Waals surface area (Å²) < 4.78 is 5.33. The summed E-state index contributed by atoms with van der Waals surface area (Å²) in [5.74, 6) is 1.35. The molecule has 1 amide bonds. The maximum absolute atomic E-state index is 11.6. The van der Waals surface area contributed by atoms with Crippen LogP contribution in [-0.2, 0) is 24.1 Å². The predicted octanol–water partition coefficient (Wildman–Crippen LogP) is 1.11. The van der Waals surface area contributed by atoms with Gasteiger partial charge in [0.05, 0.1) is 0 Å². The molecule has 2 aliphatic rings. The first-order chi connectivity index (χ1) is 10.3. The Morgan fingerprint density at radius 2 is 2.19 bits per heavy atom. The fraction of sp³-hybridized carbons (Fsp3) is 0.571. The summed E-state index contributed by atoms with van der Waals surface area (Å²) in [6, 6.07) is 0. The second kappa shape index (κ2) is 4.98. The van der Waals surface area contributed by atoms with Crippen molar-refractivity contribution in [1.82, 2.24) is 25.2 Å². The zero-order valence-electron chi connectivity index (χ0n) is 11.8. The van der Waals surface area contributed by atoms with Crippen LogP contribution in [-0.4, -0.2) is 44.2 Å². The smallest absolute Gasteiger partial charge is 0.278 e. The number of aromatic nitrogens is 4. The molecular formula is C14H17N5O2. The number of amides is 1. The van der Waals surface area contributed by atoms with E-state index < -0.39 is 0 Å². The van der Waals surface area contributed by atoms with E-state index in [4.69, 9.17) is 4.52 Å². The van der Waals surface area contributed by atoms with Gasteiger partial charge in [0.25, 0.3) is 5.89 Å². The number of H-pyrrole nitrogens is 1. The third-order valence-electron chi connectivity index (χ3n) is 4.25. The van der Waals surface area contributed by atoms with E-state index in [1.54, 1.807) is 0 Å². The summed E-state index contributed by atoms with van der Waals surface area (Å²) in [6.45, 7) is 1.51. The second-order valence-corrected chi connectivity index (χ2v) is 5.63. The van der Waals surface area contributed by atoms with Gasteiger partial charge in [-0.25, -0.2) is 0 Å². The van der Waals surface area contributed by atoms with E-state index in [1.807, 2.05) is 4.90 Å². The lowest BCUT2D eigenvalue weighted by Crippen LogP contribution is -2.27. The van der Waals surface area contributed by atoms with Crippen LogP contribution < -0.4 is 0 Å². The molecule has 0 atom stereocenters. The fourth-order valence-corrected chi connectivity index (χ4v) is 3.12. The van der Waals surface area contributed by atoms with Crippen LogP contribution in [0.15, 0.2) is 4.52 Å². The largest absolute Gasteiger partial charge is 0.342 e. The van der Waals surface area contributed by atoms with Crippen molar-refractivity contribution < 1.29 is 9.32 Å². The molecule has 0 radical (unpaired) electrons. The molecule has 110 valence electrons. The van der Waals surface area contributed by atoms with E-state index >= 15 is 0 Å². The summed E-state index contributed by atoms with van der Waals surface area (Å²) >= 11 is 0. The minimum Gasteiger partial charge on any atom is -0.342 e. The Hall–Kier alpha value is -2.18. The molecular weight excluding hydrogens is 270 g/mol. The average Bonchev–Trinajstić information content (AvgIpc) is 3.20. The lowest BCUT2D eigenvalue weighted by atomic mass is 10.2. The number of likely N-dealkylation sites (tertiary alicyclic amines) is 1. The molecule has 0 saturated carbocycles. The van der Waals surface area contributed by atoms with Gasteiger partial charge in [-0.15, -0.1) is 0 Å². The quantitative estimate of drug-likeness (QED) is 0.910. The third-order valence-corrected chi connectivity index (χ3v) is 4.25. The summed E-state index contributed by atoms with van der Waals surface area (Å²) in [5, 5.41) is 11.3. The average molecular weight is 287 g/mol. The van der Waals surface area contributed by atoms with Crippen LogP contribution in [0.1, 0.15) is 36.3 Å². The normalized spacial score (nSPS) is 17.7. The number of nitrogens with zero attached hydrogens (tertiary/aromatic N) is 4. The van der Waals surface area contributed by atoms with Crippen molar-refractivity contribution in [2.45, 2.75) is 38.5 Å². The highest BCUT2D eigenvalue weighted by atomic mass is 16.5. The van der Waals surface area contributed by atoms with E-state index in [9.17, 15) is 4.79 Å². The highest BCUT2D eigenvalue weighted by molar-refractivity contribution is 5.78. The first-order valence-corrected chi connectivity index (χ1v) is 7.48. The number of hydrogen-bond donors (Lipinski definition) is 1. The number of fused-ring (bicyclic) bond motifs is 1. The van der Waals surface area contributed by atoms with Gasteiger partial charge < -0.3 is 9.42 Å². The van der Waals surface area contributed by atoms with E-state index in [2.05, 4.69) is 20.3 Å². The Kier molecular flexibility index (Phi) is 2.98. The van der Waals surface area contributed by atoms with E-state index in [-0.39, 0.29) is 5.91 Å². The molecule has 1 aliphatic carbocycles. The summed E-state index contributed by atoms with van der Waals surface area (Å²) in [6.07, 6.45) is 5.45. The Balaban J connectivity index is 1.47. The van der Waals surface area contributed by atoms with Crippen LogP contribution in [0.3, 0.4) is 0 Å². The van der Waals surface area contributed by atoms with Crippen LogP contribution in [0.4, 0.5) is 0 Å². The van der Waals surface area contributed by atoms with Gasteiger partial charge in [0.2, 0.25) is 5.91 Å². The van der Waals surface area contributed by atoms with Gasteiger partial charge in [0.15, 0.2) is 11.5 Å². The molecule has 1 aliphatic heterocycles. The highest BCUT2D eigenvalue weighted by Crippen LogP contribution is 2.29. The van der Waals surface area contributed by atoms with Crippen LogP contribution in [0, 0.1) is 0 Å². The number of carbonyl (C=O) groups is 1. The molecule has 4 rings (SSSR count). The molecule has 0 aromatic carbocycles. The van der Waals surface area contributed by atoms with Crippen LogP contribution in [0.2, 0.25) is 0 Å². The summed E-state index contributed by atoms with van der Waals surface area (Å²) in [7, 11) is 0. The number of hydrogen-bond acceptors (Lipinski definition) is 5. The molecule has 1 N–H and O–H groups in total. The lowest BCUT2D eigenvalue weighted by molar-refractivity contribution is -0.127. The molecule has 1 saturated heterocycles. The predicted molar refractivity (Wildman–Crippen MR) is 73.4 cm³/mol. The van der Waals surface area contributed by atoms with Crippen LogP contribution in [0.25, 0.3) is 11.6 Å². The minimum atomic E-state index is 0.226. The molecule has 21 heavy (non-hydrogen) atoms. The first-order valence-electron chi connectivity index (χ1n) is 7.48. The molecule has 0 spiro atoms. The molecule has 7 heteroatoms. The number of carbonyl (C=O) groups excluding carboxylic acids is 1. The van der Waals surface area contributed by atoms with Crippen molar-refractivity contribution in [2.24, 2.45) is 0 Å². The van der Waals surface area contributed by atoms with Crippen molar-refractivity contribution in [2.75, 3.05) is 13.1 Å². The molecule has 0 unspecified atom stereocenters. The number of aromatic amines is 1. The second-order valence-electron chi connectivity index (χ2n) is 5.63. The van der Waals surface area contributed by atoms with Gasteiger partial charge in [-0.05, 0) is 25.7 Å². The van der Waals surface area contributed by atoms with Gasteiger partial charge in [0.1, 0.15) is 0 Å². The molecule has 1 fully saturated rings. The zero-order valence-corrected chi connectivity index (χ0v) is 11.8. The Morgan fingerprint density at radius 1 is 1.24 bits per heavy atom. The van der Waals surface area contributed by atoms with Crippen molar-refractivity contribution in [3.05, 3.63) is 17.1 Å². The minimum absolute atomic E-state index is 0.226. The van der Waals surface area contributed by atoms with Gasteiger partial charge in [-0.2, -0.15) is 10.1 Å². The van der Waals surface area contributed by atoms with E-state index in [0.29, 0.717) is 31.1 Å². The van der Waals surface area contributed by atoms with Gasteiger partial charge in [-0.3, -0.25) is 9.89 Å². The van der Waals surface area contributed by atoms with E-state index in [0.717, 1.165) is 37.9 Å². The Bertz CT molecular complexity index is 675. The Morgan fingerprint density at radius 3 is 3.05 bits per heavy atom. The lowest BCUT2D eigenvalue weighted by Gasteiger charge is -2.13. The topological polar surface area (TPSA) is 87.9 Å². The van der Waals surface area contributed by atoms with Gasteiger partial charge in [0, 0.05) is 37.2 Å².